The van der Waals surface area contributed by atoms with Crippen molar-refractivity contribution in [3.63, 3.8) is 0 Å². The number of nitrogens with zero attached hydrogens (tertiary/aromatic N) is 2. The Morgan fingerprint density at radius 1 is 1.13 bits per heavy atom. The first-order chi connectivity index (χ1) is 7.40. The fraction of sp³-hybridized carbons (Fsp3) is 0.818. The normalized spacial score (nSPS) is 20.8. The zero-order valence-corrected chi connectivity index (χ0v) is 8.91. The predicted molar refractivity (Wildman–Crippen MR) is 55.5 cm³/mol. The first kappa shape index (κ1) is 9.33. The van der Waals surface area contributed by atoms with Crippen LogP contribution in [0.1, 0.15) is 37.5 Å². The van der Waals surface area contributed by atoms with E-state index in [0.29, 0.717) is 0 Å². The van der Waals surface area contributed by atoms with E-state index in [4.69, 9.17) is 4.42 Å². The van der Waals surface area contributed by atoms with Gasteiger partial charge in [0.15, 0.2) is 0 Å². The Labute approximate surface area is 89.5 Å². The lowest BCUT2D eigenvalue weighted by Crippen LogP contribution is -2.19. The average Bonchev–Trinajstić information content (AvgIpc) is 3.10. The summed E-state index contributed by atoms with van der Waals surface area (Å²) in [5.41, 5.74) is 0. The molecule has 2 aliphatic carbocycles. The Morgan fingerprint density at radius 2 is 1.93 bits per heavy atom. The Hall–Kier alpha value is -0.900. The minimum Gasteiger partial charge on any atom is -0.425 e. The van der Waals surface area contributed by atoms with Gasteiger partial charge in [-0.25, -0.2) is 0 Å². The predicted octanol–water partition coefficient (Wildman–Crippen LogP) is 1.32. The van der Waals surface area contributed by atoms with Gasteiger partial charge in [0, 0.05) is 25.4 Å². The molecule has 0 radical (unpaired) electrons. The van der Waals surface area contributed by atoms with E-state index in [-0.39, 0.29) is 0 Å². The number of hydrogen-bond donors (Lipinski definition) is 1. The van der Waals surface area contributed by atoms with Crippen LogP contribution in [0.2, 0.25) is 0 Å². The molecule has 1 N–H and O–H groups in total. The van der Waals surface area contributed by atoms with Crippen LogP contribution >= 0.6 is 0 Å². The maximum Gasteiger partial charge on any atom is 0.217 e. The molecule has 0 spiro atoms. The van der Waals surface area contributed by atoms with E-state index in [9.17, 15) is 0 Å². The second-order valence-electron chi connectivity index (χ2n) is 4.72. The van der Waals surface area contributed by atoms with Gasteiger partial charge >= 0.3 is 0 Å². The van der Waals surface area contributed by atoms with Crippen molar-refractivity contribution in [1.82, 2.24) is 15.5 Å². The molecular weight excluding hydrogens is 190 g/mol. The van der Waals surface area contributed by atoms with Gasteiger partial charge in [0.2, 0.25) is 11.8 Å². The lowest BCUT2D eigenvalue weighted by atomic mass is 10.3. The monoisotopic (exact) mass is 207 g/mol. The van der Waals surface area contributed by atoms with Crippen molar-refractivity contribution in [3.05, 3.63) is 11.8 Å². The molecule has 82 valence electrons. The van der Waals surface area contributed by atoms with Crippen molar-refractivity contribution in [2.24, 2.45) is 5.92 Å². The highest BCUT2D eigenvalue weighted by molar-refractivity contribution is 4.89. The summed E-state index contributed by atoms with van der Waals surface area (Å²) in [5, 5.41) is 11.6. The molecule has 4 heteroatoms. The van der Waals surface area contributed by atoms with Gasteiger partial charge in [-0.1, -0.05) is 0 Å². The molecule has 1 aromatic rings. The molecule has 0 aromatic carbocycles. The Balaban J connectivity index is 1.44. The third-order valence-electron chi connectivity index (χ3n) is 3.02. The third-order valence-corrected chi connectivity index (χ3v) is 3.02. The first-order valence-corrected chi connectivity index (χ1v) is 5.95. The molecule has 0 atom stereocenters. The molecule has 0 amide bonds. The molecule has 2 saturated carbocycles. The molecule has 2 aliphatic rings. The molecule has 0 bridgehead atoms. The SMILES string of the molecule is C(Cc1nnc(CC2CC2)o1)NC1CC1. The van der Waals surface area contributed by atoms with Gasteiger partial charge in [0.1, 0.15) is 0 Å². The van der Waals surface area contributed by atoms with Crippen molar-refractivity contribution in [2.75, 3.05) is 6.54 Å². The number of hydrogen-bond acceptors (Lipinski definition) is 4. The maximum absolute atomic E-state index is 5.57. The highest BCUT2D eigenvalue weighted by Gasteiger charge is 2.24. The fourth-order valence-corrected chi connectivity index (χ4v) is 1.71. The van der Waals surface area contributed by atoms with Crippen LogP contribution in [0.25, 0.3) is 0 Å². The Morgan fingerprint density at radius 3 is 2.67 bits per heavy atom. The summed E-state index contributed by atoms with van der Waals surface area (Å²) in [6.45, 7) is 0.968. The van der Waals surface area contributed by atoms with Crippen LogP contribution in [0.4, 0.5) is 0 Å². The summed E-state index contributed by atoms with van der Waals surface area (Å²) in [5.74, 6) is 2.45. The van der Waals surface area contributed by atoms with Crippen LogP contribution in [0.15, 0.2) is 4.42 Å². The topological polar surface area (TPSA) is 51.0 Å². The van der Waals surface area contributed by atoms with Crippen molar-refractivity contribution >= 4 is 0 Å². The lowest BCUT2D eigenvalue weighted by molar-refractivity contribution is 0.436. The second-order valence-corrected chi connectivity index (χ2v) is 4.72. The fourth-order valence-electron chi connectivity index (χ4n) is 1.71. The zero-order valence-electron chi connectivity index (χ0n) is 8.91. The van der Waals surface area contributed by atoms with Crippen molar-refractivity contribution < 1.29 is 4.42 Å². The highest BCUT2D eigenvalue weighted by atomic mass is 16.4. The van der Waals surface area contributed by atoms with E-state index < -0.39 is 0 Å². The standard InChI is InChI=1S/C11H17N3O/c1-2-8(1)7-11-14-13-10(15-11)5-6-12-9-3-4-9/h8-9,12H,1-7H2. The Bertz CT molecular complexity index is 328. The molecule has 1 heterocycles. The van der Waals surface area contributed by atoms with Crippen molar-refractivity contribution in [2.45, 2.75) is 44.6 Å². The molecule has 0 aliphatic heterocycles. The van der Waals surface area contributed by atoms with Gasteiger partial charge in [-0.3, -0.25) is 0 Å². The van der Waals surface area contributed by atoms with E-state index in [1.165, 1.54) is 25.7 Å². The summed E-state index contributed by atoms with van der Waals surface area (Å²) in [6, 6.07) is 0.763. The van der Waals surface area contributed by atoms with Gasteiger partial charge in [-0.15, -0.1) is 10.2 Å². The molecular formula is C11H17N3O. The smallest absolute Gasteiger partial charge is 0.217 e. The quantitative estimate of drug-likeness (QED) is 0.764. The van der Waals surface area contributed by atoms with Crippen LogP contribution in [0, 0.1) is 5.92 Å². The summed E-state index contributed by atoms with van der Waals surface area (Å²) < 4.78 is 5.57. The van der Waals surface area contributed by atoms with E-state index >= 15 is 0 Å². The summed E-state index contributed by atoms with van der Waals surface area (Å²) in [6.07, 6.45) is 7.19. The van der Waals surface area contributed by atoms with Gasteiger partial charge in [0.05, 0.1) is 0 Å². The van der Waals surface area contributed by atoms with Crippen LogP contribution in [-0.4, -0.2) is 22.8 Å². The van der Waals surface area contributed by atoms with E-state index in [0.717, 1.165) is 43.1 Å². The molecule has 0 unspecified atom stereocenters. The number of rotatable bonds is 6. The largest absolute Gasteiger partial charge is 0.425 e. The second kappa shape index (κ2) is 3.93. The summed E-state index contributed by atoms with van der Waals surface area (Å²) in [4.78, 5) is 0. The average molecular weight is 207 g/mol. The molecule has 4 nitrogen and oxygen atoms in total. The maximum atomic E-state index is 5.57. The van der Waals surface area contributed by atoms with Gasteiger partial charge in [0.25, 0.3) is 0 Å². The lowest BCUT2D eigenvalue weighted by Gasteiger charge is -1.97. The van der Waals surface area contributed by atoms with E-state index in [1.54, 1.807) is 0 Å². The van der Waals surface area contributed by atoms with Gasteiger partial charge < -0.3 is 9.73 Å². The summed E-state index contributed by atoms with van der Waals surface area (Å²) in [7, 11) is 0. The highest BCUT2D eigenvalue weighted by Crippen LogP contribution is 2.32. The van der Waals surface area contributed by atoms with Crippen LogP contribution < -0.4 is 5.32 Å². The minimum atomic E-state index is 0.763. The van der Waals surface area contributed by atoms with Gasteiger partial charge in [-0.05, 0) is 31.6 Å². The molecule has 1 aromatic heterocycles. The van der Waals surface area contributed by atoms with Crippen LogP contribution in [0.5, 0.6) is 0 Å². The molecule has 0 saturated heterocycles. The van der Waals surface area contributed by atoms with E-state index in [1.807, 2.05) is 0 Å². The first-order valence-electron chi connectivity index (χ1n) is 5.95. The third kappa shape index (κ3) is 2.78. The molecule has 2 fully saturated rings. The van der Waals surface area contributed by atoms with Crippen LogP contribution in [-0.2, 0) is 12.8 Å². The minimum absolute atomic E-state index is 0.763. The molecule has 15 heavy (non-hydrogen) atoms. The molecule has 3 rings (SSSR count). The van der Waals surface area contributed by atoms with Gasteiger partial charge in [-0.2, -0.15) is 0 Å². The zero-order chi connectivity index (χ0) is 10.1. The summed E-state index contributed by atoms with van der Waals surface area (Å²) >= 11 is 0. The van der Waals surface area contributed by atoms with Crippen molar-refractivity contribution in [3.8, 4) is 0 Å². The Kier molecular flexibility index (Phi) is 2.44. The number of nitrogens with one attached hydrogen (secondary N) is 1. The van der Waals surface area contributed by atoms with Crippen LogP contribution in [0.3, 0.4) is 0 Å². The number of aromatic nitrogens is 2. The van der Waals surface area contributed by atoms with Crippen molar-refractivity contribution in [1.29, 1.82) is 0 Å². The van der Waals surface area contributed by atoms with E-state index in [2.05, 4.69) is 15.5 Å².